The van der Waals surface area contributed by atoms with Gasteiger partial charge in [0, 0.05) is 12.2 Å². The van der Waals surface area contributed by atoms with Gasteiger partial charge in [-0.1, -0.05) is 41.4 Å². The maximum atomic E-state index is 11.9. The first-order valence-corrected chi connectivity index (χ1v) is 8.23. The molecule has 3 rings (SSSR count). The van der Waals surface area contributed by atoms with Gasteiger partial charge in [0.1, 0.15) is 5.52 Å². The highest BCUT2D eigenvalue weighted by molar-refractivity contribution is 6.39. The lowest BCUT2D eigenvalue weighted by Crippen LogP contribution is -2.20. The highest BCUT2D eigenvalue weighted by Gasteiger charge is 2.11. The van der Waals surface area contributed by atoms with Crippen LogP contribution in [0.15, 0.2) is 53.0 Å². The average molecular weight is 391 g/mol. The number of nitrogens with zero attached hydrogens (tertiary/aromatic N) is 1. The number of fused-ring (bicyclic) bond motifs is 1. The van der Waals surface area contributed by atoms with Crippen molar-refractivity contribution in [1.29, 1.82) is 0 Å². The van der Waals surface area contributed by atoms with Gasteiger partial charge < -0.3 is 14.5 Å². The van der Waals surface area contributed by atoms with Crippen LogP contribution in [-0.2, 0) is 14.3 Å². The predicted molar refractivity (Wildman–Crippen MR) is 99.1 cm³/mol. The zero-order chi connectivity index (χ0) is 18.5. The number of hydrogen-bond donors (Lipinski definition) is 1. The Labute approximate surface area is 158 Å². The highest BCUT2D eigenvalue weighted by atomic mass is 35.5. The largest absolute Gasteiger partial charge is 0.452 e. The summed E-state index contributed by atoms with van der Waals surface area (Å²) >= 11 is 11.9. The van der Waals surface area contributed by atoms with Gasteiger partial charge in [0.05, 0.1) is 15.7 Å². The van der Waals surface area contributed by atoms with E-state index in [-0.39, 0.29) is 21.6 Å². The Morgan fingerprint density at radius 2 is 1.85 bits per heavy atom. The predicted octanol–water partition coefficient (Wildman–Crippen LogP) is 4.33. The zero-order valence-corrected chi connectivity index (χ0v) is 14.8. The Morgan fingerprint density at radius 1 is 1.12 bits per heavy atom. The fourth-order valence-electron chi connectivity index (χ4n) is 2.08. The number of esters is 1. The minimum Gasteiger partial charge on any atom is -0.452 e. The number of amides is 1. The number of benzene rings is 2. The second-order valence-electron chi connectivity index (χ2n) is 5.11. The van der Waals surface area contributed by atoms with Gasteiger partial charge in [-0.05, 0) is 24.3 Å². The summed E-state index contributed by atoms with van der Waals surface area (Å²) in [6.45, 7) is -0.488. The maximum absolute atomic E-state index is 11.9. The number of hydrogen-bond acceptors (Lipinski definition) is 5. The molecule has 0 saturated heterocycles. The Kier molecular flexibility index (Phi) is 5.55. The number of aromatic nitrogens is 1. The van der Waals surface area contributed by atoms with E-state index in [9.17, 15) is 9.59 Å². The molecule has 0 aliphatic heterocycles. The number of halogens is 2. The summed E-state index contributed by atoms with van der Waals surface area (Å²) in [7, 11) is 0. The van der Waals surface area contributed by atoms with Gasteiger partial charge in [0.2, 0.25) is 5.89 Å². The van der Waals surface area contributed by atoms with Crippen LogP contribution in [0.2, 0.25) is 10.0 Å². The van der Waals surface area contributed by atoms with Gasteiger partial charge >= 0.3 is 5.97 Å². The molecule has 0 aliphatic rings. The second kappa shape index (κ2) is 8.03. The van der Waals surface area contributed by atoms with E-state index < -0.39 is 18.5 Å². The maximum Gasteiger partial charge on any atom is 0.331 e. The van der Waals surface area contributed by atoms with Gasteiger partial charge in [0.15, 0.2) is 12.2 Å². The lowest BCUT2D eigenvalue weighted by molar-refractivity contribution is -0.142. The highest BCUT2D eigenvalue weighted by Crippen LogP contribution is 2.29. The van der Waals surface area contributed by atoms with Crippen molar-refractivity contribution in [2.75, 3.05) is 11.9 Å². The number of ether oxygens (including phenoxy) is 1. The van der Waals surface area contributed by atoms with E-state index >= 15 is 0 Å². The van der Waals surface area contributed by atoms with Crippen molar-refractivity contribution in [1.82, 2.24) is 4.98 Å². The summed E-state index contributed by atoms with van der Waals surface area (Å²) < 4.78 is 10.3. The molecule has 1 heterocycles. The average Bonchev–Trinajstić information content (AvgIpc) is 3.04. The number of rotatable bonds is 5. The van der Waals surface area contributed by atoms with Crippen molar-refractivity contribution in [3.8, 4) is 0 Å². The number of nitrogens with one attached hydrogen (secondary N) is 1. The normalized spacial score (nSPS) is 11.0. The molecule has 26 heavy (non-hydrogen) atoms. The molecule has 132 valence electrons. The monoisotopic (exact) mass is 390 g/mol. The van der Waals surface area contributed by atoms with E-state index in [0.29, 0.717) is 11.1 Å². The fourth-order valence-corrected chi connectivity index (χ4v) is 2.57. The number of anilines is 1. The van der Waals surface area contributed by atoms with Crippen LogP contribution in [-0.4, -0.2) is 23.5 Å². The lowest BCUT2D eigenvalue weighted by atomic mass is 10.3. The third-order valence-corrected chi connectivity index (χ3v) is 3.88. The molecule has 0 unspecified atom stereocenters. The third kappa shape index (κ3) is 4.41. The molecule has 0 spiro atoms. The molecule has 0 bridgehead atoms. The molecule has 0 aliphatic carbocycles. The van der Waals surface area contributed by atoms with Crippen molar-refractivity contribution >= 4 is 57.9 Å². The van der Waals surface area contributed by atoms with Crippen LogP contribution in [0.4, 0.5) is 5.69 Å². The quantitative estimate of drug-likeness (QED) is 0.517. The topological polar surface area (TPSA) is 81.4 Å². The van der Waals surface area contributed by atoms with Crippen LogP contribution < -0.4 is 5.32 Å². The van der Waals surface area contributed by atoms with Crippen molar-refractivity contribution < 1.29 is 18.7 Å². The van der Waals surface area contributed by atoms with E-state index in [4.69, 9.17) is 32.4 Å². The van der Waals surface area contributed by atoms with E-state index in [0.717, 1.165) is 6.08 Å². The van der Waals surface area contributed by atoms with Gasteiger partial charge in [-0.25, -0.2) is 9.78 Å². The Balaban J connectivity index is 1.54. The standard InChI is InChI=1S/C18H12Cl2N2O4/c19-11-4-3-5-12(20)18(11)22-15(23)10-25-17(24)9-8-16-21-13-6-1-2-7-14(13)26-16/h1-9H,10H2,(H,22,23)/b9-8+. The molecule has 1 N–H and O–H groups in total. The van der Waals surface area contributed by atoms with Gasteiger partial charge in [-0.2, -0.15) is 0 Å². The first kappa shape index (κ1) is 18.0. The third-order valence-electron chi connectivity index (χ3n) is 3.25. The SMILES string of the molecule is O=C(COC(=O)/C=C/c1nc2ccccc2o1)Nc1c(Cl)cccc1Cl. The molecule has 1 aromatic heterocycles. The molecule has 2 aromatic carbocycles. The van der Waals surface area contributed by atoms with Gasteiger partial charge in [-0.3, -0.25) is 4.79 Å². The molecule has 0 radical (unpaired) electrons. The molecule has 6 nitrogen and oxygen atoms in total. The van der Waals surface area contributed by atoms with E-state index in [2.05, 4.69) is 10.3 Å². The smallest absolute Gasteiger partial charge is 0.331 e. The molecule has 0 saturated carbocycles. The molecule has 8 heteroatoms. The first-order valence-electron chi connectivity index (χ1n) is 7.47. The van der Waals surface area contributed by atoms with E-state index in [1.165, 1.54) is 6.08 Å². The van der Waals surface area contributed by atoms with E-state index in [1.807, 2.05) is 12.1 Å². The second-order valence-corrected chi connectivity index (χ2v) is 5.92. The summed E-state index contributed by atoms with van der Waals surface area (Å²) in [5.74, 6) is -1.02. The van der Waals surface area contributed by atoms with Crippen molar-refractivity contribution in [2.24, 2.45) is 0 Å². The Bertz CT molecular complexity index is 945. The molecule has 0 atom stereocenters. The number of para-hydroxylation sites is 3. The molecular weight excluding hydrogens is 379 g/mol. The summed E-state index contributed by atoms with van der Waals surface area (Å²) in [6, 6.07) is 12.0. The molecule has 0 fully saturated rings. The van der Waals surface area contributed by atoms with E-state index in [1.54, 1.807) is 30.3 Å². The van der Waals surface area contributed by atoms with Crippen LogP contribution in [0.3, 0.4) is 0 Å². The summed E-state index contributed by atoms with van der Waals surface area (Å²) in [4.78, 5) is 27.7. The zero-order valence-electron chi connectivity index (χ0n) is 13.2. The molecule has 3 aromatic rings. The van der Waals surface area contributed by atoms with Crippen molar-refractivity contribution in [2.45, 2.75) is 0 Å². The van der Waals surface area contributed by atoms with Crippen LogP contribution in [0.25, 0.3) is 17.2 Å². The Morgan fingerprint density at radius 3 is 2.58 bits per heavy atom. The van der Waals surface area contributed by atoms with Crippen molar-refractivity contribution in [3.63, 3.8) is 0 Å². The number of carbonyl (C=O) groups excluding carboxylic acids is 2. The summed E-state index contributed by atoms with van der Waals surface area (Å²) in [5.41, 5.74) is 1.55. The number of oxazole rings is 1. The van der Waals surface area contributed by atoms with Gasteiger partial charge in [0.25, 0.3) is 5.91 Å². The summed E-state index contributed by atoms with van der Waals surface area (Å²) in [6.07, 6.45) is 2.49. The minimum atomic E-state index is -0.715. The van der Waals surface area contributed by atoms with Crippen LogP contribution in [0.1, 0.15) is 5.89 Å². The van der Waals surface area contributed by atoms with Crippen LogP contribution in [0.5, 0.6) is 0 Å². The van der Waals surface area contributed by atoms with Crippen LogP contribution in [0, 0.1) is 0 Å². The van der Waals surface area contributed by atoms with Gasteiger partial charge in [-0.15, -0.1) is 0 Å². The minimum absolute atomic E-state index is 0.260. The lowest BCUT2D eigenvalue weighted by Gasteiger charge is -2.08. The number of carbonyl (C=O) groups is 2. The summed E-state index contributed by atoms with van der Waals surface area (Å²) in [5, 5.41) is 3.06. The Hall–Kier alpha value is -2.83. The molecule has 1 amide bonds. The molecular formula is C18H12Cl2N2O4. The van der Waals surface area contributed by atoms with Crippen LogP contribution >= 0.6 is 23.2 Å². The first-order chi connectivity index (χ1) is 12.5. The van der Waals surface area contributed by atoms with Crippen molar-refractivity contribution in [3.05, 3.63) is 64.5 Å². The fraction of sp³-hybridized carbons (Fsp3) is 0.0556.